The van der Waals surface area contributed by atoms with E-state index in [1.807, 2.05) is 0 Å². The van der Waals surface area contributed by atoms with Crippen LogP contribution in [0.4, 0.5) is 11.4 Å². The lowest BCUT2D eigenvalue weighted by Gasteiger charge is -2.14. The summed E-state index contributed by atoms with van der Waals surface area (Å²) in [6, 6.07) is 3.90. The molecule has 0 bridgehead atoms. The van der Waals surface area contributed by atoms with E-state index in [9.17, 15) is 14.9 Å². The molecule has 0 aliphatic heterocycles. The molecular weight excluding hydrogens is 290 g/mol. The predicted octanol–water partition coefficient (Wildman–Crippen LogP) is 1.90. The van der Waals surface area contributed by atoms with Crippen LogP contribution in [0.2, 0.25) is 0 Å². The largest absolute Gasteiger partial charge is 0.373 e. The van der Waals surface area contributed by atoms with Crippen LogP contribution in [-0.2, 0) is 4.79 Å². The number of nitro groups is 1. The van der Waals surface area contributed by atoms with Crippen molar-refractivity contribution in [3.63, 3.8) is 0 Å². The second kappa shape index (κ2) is 5.62. The third kappa shape index (κ3) is 3.42. The van der Waals surface area contributed by atoms with Gasteiger partial charge in [-0.3, -0.25) is 14.9 Å². The summed E-state index contributed by atoms with van der Waals surface area (Å²) >= 11 is 3.22. The molecule has 17 heavy (non-hydrogen) atoms. The van der Waals surface area contributed by atoms with Gasteiger partial charge in [0.05, 0.1) is 4.92 Å². The average Bonchev–Trinajstić information content (AvgIpc) is 2.30. The van der Waals surface area contributed by atoms with Gasteiger partial charge < -0.3 is 10.6 Å². The Kier molecular flexibility index (Phi) is 4.45. The van der Waals surface area contributed by atoms with Crippen molar-refractivity contribution in [3.05, 3.63) is 32.8 Å². The molecule has 0 saturated carbocycles. The van der Waals surface area contributed by atoms with Gasteiger partial charge >= 0.3 is 0 Å². The van der Waals surface area contributed by atoms with E-state index in [1.54, 1.807) is 20.0 Å². The number of benzene rings is 1. The fraction of sp³-hybridized carbons (Fsp3) is 0.300. The Hall–Kier alpha value is -1.63. The fourth-order valence-corrected chi connectivity index (χ4v) is 1.73. The van der Waals surface area contributed by atoms with E-state index in [0.717, 1.165) is 0 Å². The van der Waals surface area contributed by atoms with Crippen molar-refractivity contribution in [2.45, 2.75) is 13.0 Å². The van der Waals surface area contributed by atoms with Crippen molar-refractivity contribution in [1.29, 1.82) is 0 Å². The van der Waals surface area contributed by atoms with Crippen LogP contribution in [-0.4, -0.2) is 23.9 Å². The monoisotopic (exact) mass is 301 g/mol. The molecule has 0 aliphatic carbocycles. The highest BCUT2D eigenvalue weighted by Gasteiger charge is 2.14. The molecule has 0 saturated heterocycles. The summed E-state index contributed by atoms with van der Waals surface area (Å²) in [5.74, 6) is -0.157. The standard InChI is InChI=1S/C10H12BrN3O3/c1-6(10(15)12-2)13-9-4-3-7(14(16)17)5-8(9)11/h3-6,13H,1-2H3,(H,12,15). The molecular formula is C10H12BrN3O3. The van der Waals surface area contributed by atoms with Crippen LogP contribution in [0.5, 0.6) is 0 Å². The molecule has 0 aromatic heterocycles. The van der Waals surface area contributed by atoms with Gasteiger partial charge in [0.25, 0.3) is 5.69 Å². The second-order valence-electron chi connectivity index (χ2n) is 3.40. The molecule has 0 fully saturated rings. The number of nitrogens with zero attached hydrogens (tertiary/aromatic N) is 1. The number of likely N-dealkylation sites (N-methyl/N-ethyl adjacent to an activating group) is 1. The molecule has 2 N–H and O–H groups in total. The third-order valence-electron chi connectivity index (χ3n) is 2.18. The Morgan fingerprint density at radius 2 is 2.18 bits per heavy atom. The quantitative estimate of drug-likeness (QED) is 0.657. The zero-order chi connectivity index (χ0) is 13.0. The van der Waals surface area contributed by atoms with Gasteiger partial charge in [0.2, 0.25) is 5.91 Å². The minimum absolute atomic E-state index is 0.00461. The molecule has 0 aliphatic rings. The van der Waals surface area contributed by atoms with E-state index in [4.69, 9.17) is 0 Å². The number of nitrogens with one attached hydrogen (secondary N) is 2. The Balaban J connectivity index is 2.86. The summed E-state index contributed by atoms with van der Waals surface area (Å²) in [5, 5.41) is 16.0. The summed E-state index contributed by atoms with van der Waals surface area (Å²) in [7, 11) is 1.55. The Bertz CT molecular complexity index is 450. The van der Waals surface area contributed by atoms with E-state index in [-0.39, 0.29) is 11.6 Å². The highest BCUT2D eigenvalue weighted by Crippen LogP contribution is 2.27. The number of nitro benzene ring substituents is 1. The second-order valence-corrected chi connectivity index (χ2v) is 4.26. The number of hydrogen-bond donors (Lipinski definition) is 2. The molecule has 1 unspecified atom stereocenters. The first-order valence-electron chi connectivity index (χ1n) is 4.87. The maximum absolute atomic E-state index is 11.3. The number of carbonyl (C=O) groups is 1. The van der Waals surface area contributed by atoms with Crippen LogP contribution in [0, 0.1) is 10.1 Å². The minimum Gasteiger partial charge on any atom is -0.373 e. The zero-order valence-electron chi connectivity index (χ0n) is 9.36. The highest BCUT2D eigenvalue weighted by atomic mass is 79.9. The molecule has 0 spiro atoms. The molecule has 1 amide bonds. The normalized spacial score (nSPS) is 11.7. The molecule has 0 radical (unpaired) electrons. The molecule has 6 nitrogen and oxygen atoms in total. The number of hydrogen-bond acceptors (Lipinski definition) is 4. The SMILES string of the molecule is CNC(=O)C(C)Nc1ccc([N+](=O)[O-])cc1Br. The molecule has 92 valence electrons. The van der Waals surface area contributed by atoms with Gasteiger partial charge in [0.15, 0.2) is 0 Å². The molecule has 1 aromatic carbocycles. The van der Waals surface area contributed by atoms with Crippen LogP contribution in [0.3, 0.4) is 0 Å². The third-order valence-corrected chi connectivity index (χ3v) is 2.83. The summed E-state index contributed by atoms with van der Waals surface area (Å²) in [4.78, 5) is 21.4. The van der Waals surface area contributed by atoms with Crippen molar-refractivity contribution in [3.8, 4) is 0 Å². The summed E-state index contributed by atoms with van der Waals surface area (Å²) in [5.41, 5.74) is 0.627. The van der Waals surface area contributed by atoms with Gasteiger partial charge in [-0.1, -0.05) is 0 Å². The summed E-state index contributed by atoms with van der Waals surface area (Å²) < 4.78 is 0.544. The molecule has 0 heterocycles. The van der Waals surface area contributed by atoms with Gasteiger partial charge in [-0.05, 0) is 28.9 Å². The average molecular weight is 302 g/mol. The first kappa shape index (κ1) is 13.4. The lowest BCUT2D eigenvalue weighted by molar-refractivity contribution is -0.384. The van der Waals surface area contributed by atoms with Crippen LogP contribution >= 0.6 is 15.9 Å². The van der Waals surface area contributed by atoms with Gasteiger partial charge in [0.1, 0.15) is 6.04 Å². The molecule has 7 heteroatoms. The van der Waals surface area contributed by atoms with Crippen molar-refractivity contribution in [2.24, 2.45) is 0 Å². The summed E-state index contributed by atoms with van der Waals surface area (Å²) in [6.07, 6.45) is 0. The number of carbonyl (C=O) groups excluding carboxylic acids is 1. The van der Waals surface area contributed by atoms with Crippen LogP contribution in [0.15, 0.2) is 22.7 Å². The van der Waals surface area contributed by atoms with Gasteiger partial charge in [-0.25, -0.2) is 0 Å². The van der Waals surface area contributed by atoms with Gasteiger partial charge in [0, 0.05) is 29.3 Å². The lowest BCUT2D eigenvalue weighted by atomic mass is 10.2. The number of anilines is 1. The van der Waals surface area contributed by atoms with Gasteiger partial charge in [-0.15, -0.1) is 0 Å². The lowest BCUT2D eigenvalue weighted by Crippen LogP contribution is -2.35. The Morgan fingerprint density at radius 3 is 2.65 bits per heavy atom. The van der Waals surface area contributed by atoms with Crippen molar-refractivity contribution in [2.75, 3.05) is 12.4 Å². The van der Waals surface area contributed by atoms with E-state index < -0.39 is 11.0 Å². The number of rotatable bonds is 4. The van der Waals surface area contributed by atoms with Crippen molar-refractivity contribution in [1.82, 2.24) is 5.32 Å². The van der Waals surface area contributed by atoms with E-state index in [2.05, 4.69) is 26.6 Å². The van der Waals surface area contributed by atoms with Crippen molar-refractivity contribution >= 4 is 33.2 Å². The van der Waals surface area contributed by atoms with Crippen LogP contribution in [0.25, 0.3) is 0 Å². The van der Waals surface area contributed by atoms with Crippen LogP contribution < -0.4 is 10.6 Å². The van der Waals surface area contributed by atoms with E-state index >= 15 is 0 Å². The highest BCUT2D eigenvalue weighted by molar-refractivity contribution is 9.10. The van der Waals surface area contributed by atoms with Crippen LogP contribution in [0.1, 0.15) is 6.92 Å². The van der Waals surface area contributed by atoms with Crippen molar-refractivity contribution < 1.29 is 9.72 Å². The first-order chi connectivity index (χ1) is 7.95. The number of amides is 1. The maximum Gasteiger partial charge on any atom is 0.270 e. The predicted molar refractivity (Wildman–Crippen MR) is 67.9 cm³/mol. The zero-order valence-corrected chi connectivity index (χ0v) is 10.9. The maximum atomic E-state index is 11.3. The molecule has 1 atom stereocenters. The fourth-order valence-electron chi connectivity index (χ4n) is 1.25. The smallest absolute Gasteiger partial charge is 0.270 e. The molecule has 1 aromatic rings. The van der Waals surface area contributed by atoms with Gasteiger partial charge in [-0.2, -0.15) is 0 Å². The topological polar surface area (TPSA) is 84.3 Å². The molecule has 1 rings (SSSR count). The number of non-ortho nitro benzene ring substituents is 1. The van der Waals surface area contributed by atoms with E-state index in [0.29, 0.717) is 10.2 Å². The van der Waals surface area contributed by atoms with E-state index in [1.165, 1.54) is 12.1 Å². The summed E-state index contributed by atoms with van der Waals surface area (Å²) in [6.45, 7) is 1.70. The Morgan fingerprint density at radius 1 is 1.53 bits per heavy atom. The first-order valence-corrected chi connectivity index (χ1v) is 5.67. The minimum atomic E-state index is -0.475. The Labute approximate surface area is 107 Å². The number of halogens is 1.